The molecule has 0 unspecified atom stereocenters. The molecule has 2 aromatic carbocycles. The van der Waals surface area contributed by atoms with Crippen molar-refractivity contribution in [2.75, 3.05) is 20.0 Å². The van der Waals surface area contributed by atoms with Crippen LogP contribution in [0.15, 0.2) is 48.5 Å². The fourth-order valence-electron chi connectivity index (χ4n) is 2.93. The number of methoxy groups -OCH3 is 2. The second-order valence-electron chi connectivity index (χ2n) is 5.94. The van der Waals surface area contributed by atoms with E-state index in [9.17, 15) is 5.26 Å². The molecule has 130 valence electrons. The van der Waals surface area contributed by atoms with E-state index in [1.807, 2.05) is 55.5 Å². The van der Waals surface area contributed by atoms with E-state index >= 15 is 0 Å². The summed E-state index contributed by atoms with van der Waals surface area (Å²) in [6.07, 6.45) is 0. The van der Waals surface area contributed by atoms with Gasteiger partial charge in [-0.05, 0) is 36.8 Å². The number of aromatic amines is 1. The van der Waals surface area contributed by atoms with Gasteiger partial charge >= 0.3 is 0 Å². The third-order valence-electron chi connectivity index (χ3n) is 4.23. The molecular formula is C21H20N3O2+. The van der Waals surface area contributed by atoms with Crippen LogP contribution in [0.25, 0.3) is 22.4 Å². The number of aromatic nitrogens is 1. The first-order chi connectivity index (χ1) is 12.6. The summed E-state index contributed by atoms with van der Waals surface area (Å²) in [5.74, 6) is 1.60. The number of nitrogens with one attached hydrogen (secondary N) is 1. The predicted molar refractivity (Wildman–Crippen MR) is 101 cm³/mol. The molecule has 0 aliphatic rings. The first-order valence-corrected chi connectivity index (χ1v) is 8.12. The average molecular weight is 346 g/mol. The molecule has 0 bridgehead atoms. The van der Waals surface area contributed by atoms with Gasteiger partial charge in [-0.2, -0.15) is 5.26 Å². The maximum Gasteiger partial charge on any atom is 0.289 e. The van der Waals surface area contributed by atoms with Crippen molar-refractivity contribution in [1.29, 1.82) is 5.26 Å². The van der Waals surface area contributed by atoms with E-state index in [-0.39, 0.29) is 0 Å². The van der Waals surface area contributed by atoms with Crippen LogP contribution in [0.1, 0.15) is 11.1 Å². The molecule has 1 aromatic heterocycles. The van der Waals surface area contributed by atoms with Crippen molar-refractivity contribution in [1.82, 2.24) is 0 Å². The van der Waals surface area contributed by atoms with Crippen LogP contribution in [-0.4, -0.2) is 14.2 Å². The molecule has 3 aromatic rings. The van der Waals surface area contributed by atoms with E-state index < -0.39 is 0 Å². The van der Waals surface area contributed by atoms with Crippen molar-refractivity contribution in [2.24, 2.45) is 0 Å². The van der Waals surface area contributed by atoms with Crippen molar-refractivity contribution in [3.8, 4) is 40.0 Å². The zero-order valence-electron chi connectivity index (χ0n) is 15.0. The zero-order valence-corrected chi connectivity index (χ0v) is 15.0. The normalized spacial score (nSPS) is 10.2. The quantitative estimate of drug-likeness (QED) is 0.782. The van der Waals surface area contributed by atoms with Gasteiger partial charge in [-0.3, -0.25) is 5.73 Å². The number of nitrogens with zero attached hydrogens (tertiary/aromatic N) is 1. The molecular weight excluding hydrogens is 326 g/mol. The monoisotopic (exact) mass is 346 g/mol. The molecule has 5 heteroatoms. The number of nitrogens with two attached hydrogens (primary N) is 1. The highest BCUT2D eigenvalue weighted by Crippen LogP contribution is 2.34. The van der Waals surface area contributed by atoms with Gasteiger partial charge in [-0.1, -0.05) is 29.8 Å². The Morgan fingerprint density at radius 1 is 0.962 bits per heavy atom. The first-order valence-electron chi connectivity index (χ1n) is 8.12. The lowest BCUT2D eigenvalue weighted by Gasteiger charge is -2.11. The fourth-order valence-corrected chi connectivity index (χ4v) is 2.93. The molecule has 0 amide bonds. The Hall–Kier alpha value is -3.52. The number of nitrogen functional groups attached to an aromatic ring is 1. The summed E-state index contributed by atoms with van der Waals surface area (Å²) in [6.45, 7) is 2.02. The van der Waals surface area contributed by atoms with Crippen molar-refractivity contribution in [3.05, 3.63) is 59.7 Å². The lowest BCUT2D eigenvalue weighted by molar-refractivity contribution is -0.346. The van der Waals surface area contributed by atoms with Crippen LogP contribution >= 0.6 is 0 Å². The number of pyridine rings is 1. The Bertz CT molecular complexity index is 1010. The lowest BCUT2D eigenvalue weighted by atomic mass is 9.97. The molecule has 3 N–H and O–H groups in total. The molecule has 0 saturated carbocycles. The summed E-state index contributed by atoms with van der Waals surface area (Å²) in [7, 11) is 3.19. The van der Waals surface area contributed by atoms with Crippen LogP contribution in [0, 0.1) is 18.3 Å². The Balaban J connectivity index is 2.20. The van der Waals surface area contributed by atoms with E-state index in [0.29, 0.717) is 22.9 Å². The first kappa shape index (κ1) is 17.3. The maximum atomic E-state index is 9.56. The summed E-state index contributed by atoms with van der Waals surface area (Å²) in [5, 5.41) is 9.56. The standard InChI is InChI=1S/C21H19N3O2/c1-13-5-4-6-14(9-13)16-11-18(24-21(23)17(16)12-22)15-7-8-19(25-2)20(10-15)26-3/h4-11H,1-3H3,(H2,23,24)/p+1. The highest BCUT2D eigenvalue weighted by molar-refractivity contribution is 5.78. The number of aryl methyl sites for hydroxylation is 1. The van der Waals surface area contributed by atoms with Crippen LogP contribution in [0.5, 0.6) is 11.5 Å². The van der Waals surface area contributed by atoms with Crippen LogP contribution in [0.4, 0.5) is 5.82 Å². The maximum absolute atomic E-state index is 9.56. The molecule has 0 aliphatic carbocycles. The SMILES string of the molecule is COc1ccc(-c2cc(-c3cccc(C)c3)c(C#N)c(N)[nH+]2)cc1OC. The van der Waals surface area contributed by atoms with E-state index in [0.717, 1.165) is 27.9 Å². The molecule has 3 rings (SSSR count). The summed E-state index contributed by atoms with van der Waals surface area (Å²) in [6, 6.07) is 17.8. The zero-order chi connectivity index (χ0) is 18.7. The van der Waals surface area contributed by atoms with Crippen LogP contribution in [0.3, 0.4) is 0 Å². The highest BCUT2D eigenvalue weighted by Gasteiger charge is 2.18. The van der Waals surface area contributed by atoms with Gasteiger partial charge in [0.05, 0.1) is 14.2 Å². The van der Waals surface area contributed by atoms with E-state index in [4.69, 9.17) is 15.2 Å². The third kappa shape index (κ3) is 3.17. The molecule has 1 heterocycles. The Morgan fingerprint density at radius 3 is 2.38 bits per heavy atom. The number of hydrogen-bond acceptors (Lipinski definition) is 4. The van der Waals surface area contributed by atoms with Gasteiger partial charge in [0.1, 0.15) is 17.3 Å². The second-order valence-corrected chi connectivity index (χ2v) is 5.94. The number of rotatable bonds is 4. The van der Waals surface area contributed by atoms with Gasteiger partial charge < -0.3 is 9.47 Å². The van der Waals surface area contributed by atoms with Crippen LogP contribution in [-0.2, 0) is 0 Å². The van der Waals surface area contributed by atoms with Crippen molar-refractivity contribution in [2.45, 2.75) is 6.92 Å². The lowest BCUT2D eigenvalue weighted by Crippen LogP contribution is -2.16. The van der Waals surface area contributed by atoms with Crippen molar-refractivity contribution in [3.63, 3.8) is 0 Å². The number of ether oxygens (including phenoxy) is 2. The summed E-state index contributed by atoms with van der Waals surface area (Å²) in [4.78, 5) is 3.12. The Morgan fingerprint density at radius 2 is 1.73 bits per heavy atom. The molecule has 0 aliphatic heterocycles. The molecule has 26 heavy (non-hydrogen) atoms. The minimum absolute atomic E-state index is 0.330. The van der Waals surface area contributed by atoms with Gasteiger partial charge in [-0.25, -0.2) is 4.98 Å². The molecule has 5 nitrogen and oxygen atoms in total. The third-order valence-corrected chi connectivity index (χ3v) is 4.23. The molecule has 0 fully saturated rings. The fraction of sp³-hybridized carbons (Fsp3) is 0.143. The van der Waals surface area contributed by atoms with Crippen molar-refractivity contribution >= 4 is 5.82 Å². The molecule has 0 spiro atoms. The van der Waals surface area contributed by atoms with E-state index in [1.165, 1.54) is 0 Å². The summed E-state index contributed by atoms with van der Waals surface area (Å²) < 4.78 is 10.7. The highest BCUT2D eigenvalue weighted by atomic mass is 16.5. The summed E-state index contributed by atoms with van der Waals surface area (Å²) in [5.41, 5.74) is 11.1. The van der Waals surface area contributed by atoms with Gasteiger partial charge in [0.2, 0.25) is 0 Å². The minimum Gasteiger partial charge on any atom is -0.493 e. The Kier molecular flexibility index (Phi) is 4.76. The van der Waals surface area contributed by atoms with Gasteiger partial charge in [-0.15, -0.1) is 0 Å². The van der Waals surface area contributed by atoms with Gasteiger partial charge in [0.15, 0.2) is 11.5 Å². The number of anilines is 1. The molecule has 0 atom stereocenters. The second kappa shape index (κ2) is 7.16. The number of nitriles is 1. The largest absolute Gasteiger partial charge is 0.493 e. The van der Waals surface area contributed by atoms with Crippen molar-refractivity contribution < 1.29 is 14.5 Å². The average Bonchev–Trinajstić information content (AvgIpc) is 2.66. The van der Waals surface area contributed by atoms with Crippen LogP contribution in [0.2, 0.25) is 0 Å². The van der Waals surface area contributed by atoms with Gasteiger partial charge in [0.25, 0.3) is 5.82 Å². The molecule has 0 radical (unpaired) electrons. The number of hydrogen-bond donors (Lipinski definition) is 1. The van der Waals surface area contributed by atoms with E-state index in [2.05, 4.69) is 11.1 Å². The number of H-pyrrole nitrogens is 1. The predicted octanol–water partition coefficient (Wildman–Crippen LogP) is 3.61. The minimum atomic E-state index is 0.330. The summed E-state index contributed by atoms with van der Waals surface area (Å²) >= 11 is 0. The Labute approximate surface area is 152 Å². The smallest absolute Gasteiger partial charge is 0.289 e. The van der Waals surface area contributed by atoms with Gasteiger partial charge in [0, 0.05) is 11.1 Å². The number of benzene rings is 2. The topological polar surface area (TPSA) is 82.4 Å². The van der Waals surface area contributed by atoms with E-state index in [1.54, 1.807) is 14.2 Å². The van der Waals surface area contributed by atoms with Crippen LogP contribution < -0.4 is 20.2 Å². The molecule has 0 saturated heterocycles.